The van der Waals surface area contributed by atoms with Gasteiger partial charge in [0, 0.05) is 44.6 Å². The number of pyridine rings is 1. The van der Waals surface area contributed by atoms with Crippen LogP contribution in [0.2, 0.25) is 0 Å². The summed E-state index contributed by atoms with van der Waals surface area (Å²) in [5.41, 5.74) is 1.34. The molecular formula is C20H20F3N5O. The predicted molar refractivity (Wildman–Crippen MR) is 103 cm³/mol. The van der Waals surface area contributed by atoms with Crippen molar-refractivity contribution in [3.8, 4) is 0 Å². The molecule has 2 amide bonds. The maximum absolute atomic E-state index is 12.8. The van der Waals surface area contributed by atoms with Gasteiger partial charge in [-0.1, -0.05) is 12.1 Å². The Balaban J connectivity index is 1.31. The van der Waals surface area contributed by atoms with Crippen molar-refractivity contribution in [2.75, 3.05) is 31.5 Å². The highest BCUT2D eigenvalue weighted by Crippen LogP contribution is 2.30. The van der Waals surface area contributed by atoms with Gasteiger partial charge in [0.1, 0.15) is 0 Å². The van der Waals surface area contributed by atoms with Gasteiger partial charge in [0.15, 0.2) is 0 Å². The first-order chi connectivity index (χ1) is 13.9. The zero-order chi connectivity index (χ0) is 20.4. The van der Waals surface area contributed by atoms with Crippen LogP contribution in [0.1, 0.15) is 11.3 Å². The van der Waals surface area contributed by atoms with Crippen molar-refractivity contribution in [2.24, 2.45) is 0 Å². The summed E-state index contributed by atoms with van der Waals surface area (Å²) in [7, 11) is 0. The molecule has 9 heteroatoms. The third-order valence-electron chi connectivity index (χ3n) is 4.91. The highest BCUT2D eigenvalue weighted by molar-refractivity contribution is 5.89. The van der Waals surface area contributed by atoms with Crippen molar-refractivity contribution in [1.82, 2.24) is 19.4 Å². The van der Waals surface area contributed by atoms with E-state index in [1.54, 1.807) is 4.90 Å². The van der Waals surface area contributed by atoms with Gasteiger partial charge in [-0.3, -0.25) is 4.90 Å². The molecule has 1 aliphatic heterocycles. The number of nitrogens with zero attached hydrogens (tertiary/aromatic N) is 4. The van der Waals surface area contributed by atoms with Crippen LogP contribution in [0.15, 0.2) is 54.7 Å². The van der Waals surface area contributed by atoms with Crippen LogP contribution in [-0.4, -0.2) is 51.6 Å². The number of fused-ring (bicyclic) bond motifs is 1. The van der Waals surface area contributed by atoms with E-state index in [0.717, 1.165) is 23.3 Å². The molecule has 0 aliphatic carbocycles. The molecule has 2 aromatic heterocycles. The molecule has 0 saturated carbocycles. The molecule has 29 heavy (non-hydrogen) atoms. The second kappa shape index (κ2) is 7.75. The first kappa shape index (κ1) is 19.3. The van der Waals surface area contributed by atoms with E-state index in [2.05, 4.69) is 15.3 Å². The van der Waals surface area contributed by atoms with Crippen molar-refractivity contribution in [2.45, 2.75) is 12.7 Å². The fourth-order valence-electron chi connectivity index (χ4n) is 3.38. The molecule has 0 radical (unpaired) electrons. The summed E-state index contributed by atoms with van der Waals surface area (Å²) in [5, 5.41) is 7.09. The lowest BCUT2D eigenvalue weighted by atomic mass is 10.2. The van der Waals surface area contributed by atoms with Gasteiger partial charge < -0.3 is 10.2 Å². The minimum atomic E-state index is -4.44. The highest BCUT2D eigenvalue weighted by atomic mass is 19.4. The van der Waals surface area contributed by atoms with E-state index in [9.17, 15) is 18.0 Å². The lowest BCUT2D eigenvalue weighted by molar-refractivity contribution is -0.137. The van der Waals surface area contributed by atoms with Crippen molar-refractivity contribution >= 4 is 17.2 Å². The number of hydrogen-bond donors (Lipinski definition) is 1. The number of carbonyl (C=O) groups excluding carboxylic acids is 1. The third kappa shape index (κ3) is 4.51. The van der Waals surface area contributed by atoms with Gasteiger partial charge in [-0.25, -0.2) is 9.31 Å². The molecule has 1 fully saturated rings. The van der Waals surface area contributed by atoms with Gasteiger partial charge in [-0.2, -0.15) is 18.3 Å². The predicted octanol–water partition coefficient (Wildman–Crippen LogP) is 3.70. The first-order valence-corrected chi connectivity index (χ1v) is 9.27. The van der Waals surface area contributed by atoms with Gasteiger partial charge >= 0.3 is 12.2 Å². The average Bonchev–Trinajstić information content (AvgIpc) is 3.10. The summed E-state index contributed by atoms with van der Waals surface area (Å²) in [6, 6.07) is 12.2. The molecule has 152 valence electrons. The topological polar surface area (TPSA) is 52.9 Å². The molecule has 1 aliphatic rings. The number of hydrogen-bond acceptors (Lipinski definition) is 3. The van der Waals surface area contributed by atoms with Gasteiger partial charge in [0.25, 0.3) is 0 Å². The SMILES string of the molecule is O=C(Nc1cccc(C(F)(F)F)c1)N1CCN(Cc2cc3ccccn3n2)CC1. The van der Waals surface area contributed by atoms with Crippen LogP contribution in [0.3, 0.4) is 0 Å². The molecule has 0 spiro atoms. The molecule has 3 aromatic rings. The Hall–Kier alpha value is -3.07. The standard InChI is InChI=1S/C20H20F3N5O/c21-20(22,23)15-4-3-5-16(12-15)24-19(29)27-10-8-26(9-11-27)14-17-13-18-6-1-2-7-28(18)25-17/h1-7,12-13H,8-11,14H2,(H,24,29). The Bertz CT molecular complexity index is 976. The normalized spacial score (nSPS) is 15.6. The van der Waals surface area contributed by atoms with Crippen molar-refractivity contribution < 1.29 is 18.0 Å². The van der Waals surface area contributed by atoms with Crippen LogP contribution in [0.25, 0.3) is 5.52 Å². The fraction of sp³-hybridized carbons (Fsp3) is 0.300. The van der Waals surface area contributed by atoms with Gasteiger partial charge in [-0.05, 0) is 36.4 Å². The number of amides is 2. The second-order valence-electron chi connectivity index (χ2n) is 6.98. The van der Waals surface area contributed by atoms with E-state index in [1.165, 1.54) is 12.1 Å². The maximum Gasteiger partial charge on any atom is 0.416 e. The van der Waals surface area contributed by atoms with Crippen LogP contribution >= 0.6 is 0 Å². The Kier molecular flexibility index (Phi) is 5.14. The molecular weight excluding hydrogens is 383 g/mol. The molecule has 1 N–H and O–H groups in total. The fourth-order valence-corrected chi connectivity index (χ4v) is 3.38. The van der Waals surface area contributed by atoms with Crippen LogP contribution < -0.4 is 5.32 Å². The summed E-state index contributed by atoms with van der Waals surface area (Å²) < 4.78 is 40.3. The molecule has 3 heterocycles. The van der Waals surface area contributed by atoms with Crippen LogP contribution in [0.5, 0.6) is 0 Å². The summed E-state index contributed by atoms with van der Waals surface area (Å²) in [4.78, 5) is 16.2. The summed E-state index contributed by atoms with van der Waals surface area (Å²) >= 11 is 0. The maximum atomic E-state index is 12.8. The van der Waals surface area contributed by atoms with Gasteiger partial charge in [-0.15, -0.1) is 0 Å². The van der Waals surface area contributed by atoms with Crippen molar-refractivity contribution in [3.05, 3.63) is 66.0 Å². The van der Waals surface area contributed by atoms with Crippen LogP contribution in [0.4, 0.5) is 23.7 Å². The molecule has 1 aromatic carbocycles. The number of aromatic nitrogens is 2. The number of halogens is 3. The largest absolute Gasteiger partial charge is 0.416 e. The number of alkyl halides is 3. The van der Waals surface area contributed by atoms with E-state index in [4.69, 9.17) is 0 Å². The Morgan fingerprint density at radius 3 is 2.55 bits per heavy atom. The summed E-state index contributed by atoms with van der Waals surface area (Å²) in [6.07, 6.45) is -2.54. The van der Waals surface area contributed by atoms with Crippen molar-refractivity contribution in [3.63, 3.8) is 0 Å². The van der Waals surface area contributed by atoms with E-state index in [1.807, 2.05) is 35.0 Å². The lowest BCUT2D eigenvalue weighted by Gasteiger charge is -2.34. The minimum absolute atomic E-state index is 0.136. The lowest BCUT2D eigenvalue weighted by Crippen LogP contribution is -2.49. The number of urea groups is 1. The monoisotopic (exact) mass is 403 g/mol. The van der Waals surface area contributed by atoms with E-state index in [0.29, 0.717) is 32.7 Å². The van der Waals surface area contributed by atoms with Crippen LogP contribution in [-0.2, 0) is 12.7 Å². The molecule has 1 saturated heterocycles. The number of carbonyl (C=O) groups is 1. The Labute approximate surface area is 165 Å². The smallest absolute Gasteiger partial charge is 0.322 e. The van der Waals surface area contributed by atoms with E-state index < -0.39 is 17.8 Å². The van der Waals surface area contributed by atoms with Crippen LogP contribution in [0, 0.1) is 0 Å². The first-order valence-electron chi connectivity index (χ1n) is 9.27. The van der Waals surface area contributed by atoms with Gasteiger partial charge in [0.2, 0.25) is 0 Å². The number of piperazine rings is 1. The third-order valence-corrected chi connectivity index (χ3v) is 4.91. The van der Waals surface area contributed by atoms with Gasteiger partial charge in [0.05, 0.1) is 16.8 Å². The number of rotatable bonds is 3. The molecule has 0 bridgehead atoms. The summed E-state index contributed by atoms with van der Waals surface area (Å²) in [6.45, 7) is 3.02. The average molecular weight is 403 g/mol. The van der Waals surface area contributed by atoms with E-state index >= 15 is 0 Å². The minimum Gasteiger partial charge on any atom is -0.322 e. The molecule has 0 atom stereocenters. The number of nitrogens with one attached hydrogen (secondary N) is 1. The molecule has 0 unspecified atom stereocenters. The second-order valence-corrected chi connectivity index (χ2v) is 6.98. The van der Waals surface area contributed by atoms with Crippen molar-refractivity contribution in [1.29, 1.82) is 0 Å². The number of benzene rings is 1. The summed E-state index contributed by atoms with van der Waals surface area (Å²) in [5.74, 6) is 0. The number of anilines is 1. The zero-order valence-corrected chi connectivity index (χ0v) is 15.6. The molecule has 6 nitrogen and oxygen atoms in total. The molecule has 4 rings (SSSR count). The Morgan fingerprint density at radius 1 is 1.03 bits per heavy atom. The zero-order valence-electron chi connectivity index (χ0n) is 15.6. The quantitative estimate of drug-likeness (QED) is 0.726. The van der Waals surface area contributed by atoms with E-state index in [-0.39, 0.29) is 5.69 Å². The highest BCUT2D eigenvalue weighted by Gasteiger charge is 2.30. The Morgan fingerprint density at radius 2 is 1.83 bits per heavy atom.